The lowest BCUT2D eigenvalue weighted by atomic mass is 9.84. The summed E-state index contributed by atoms with van der Waals surface area (Å²) >= 11 is 0. The van der Waals surface area contributed by atoms with Crippen molar-refractivity contribution in [3.63, 3.8) is 0 Å². The van der Waals surface area contributed by atoms with Gasteiger partial charge in [-0.1, -0.05) is 67.8 Å². The van der Waals surface area contributed by atoms with Crippen LogP contribution < -0.4 is 11.1 Å². The van der Waals surface area contributed by atoms with Crippen LogP contribution in [0.2, 0.25) is 0 Å². The Morgan fingerprint density at radius 2 is 1.80 bits per heavy atom. The van der Waals surface area contributed by atoms with E-state index in [1.54, 1.807) is 11.8 Å². The van der Waals surface area contributed by atoms with Gasteiger partial charge in [-0.05, 0) is 35.1 Å². The molecule has 162 valence electrons. The summed E-state index contributed by atoms with van der Waals surface area (Å²) in [5, 5.41) is 14.2. The molecule has 0 radical (unpaired) electrons. The van der Waals surface area contributed by atoms with Crippen LogP contribution in [0.4, 0.5) is 0 Å². The van der Waals surface area contributed by atoms with Crippen molar-refractivity contribution in [2.24, 2.45) is 5.73 Å². The molecule has 0 unspecified atom stereocenters. The first-order chi connectivity index (χ1) is 14.5. The Labute approximate surface area is 180 Å². The number of carbonyl (C=O) groups excluding carboxylic acids is 1. The molecule has 5 nitrogen and oxygen atoms in total. The van der Waals surface area contributed by atoms with Gasteiger partial charge in [-0.15, -0.1) is 0 Å². The van der Waals surface area contributed by atoms with Crippen LogP contribution in [0.3, 0.4) is 0 Å². The van der Waals surface area contributed by atoms with E-state index in [1.165, 1.54) is 17.5 Å². The summed E-state index contributed by atoms with van der Waals surface area (Å²) in [6, 6.07) is 16.8. The molecule has 4 N–H and O–H groups in total. The second-order valence-corrected chi connectivity index (χ2v) is 8.48. The maximum Gasteiger partial charge on any atom is 0.219 e. The molecule has 0 bridgehead atoms. The Hall–Kier alpha value is -2.21. The summed E-state index contributed by atoms with van der Waals surface area (Å²) < 4.78 is 0. The van der Waals surface area contributed by atoms with Gasteiger partial charge in [0.1, 0.15) is 0 Å². The molecule has 1 amide bonds. The summed E-state index contributed by atoms with van der Waals surface area (Å²) in [6.45, 7) is 4.73. The number of nitrogens with one attached hydrogen (secondary N) is 1. The highest BCUT2D eigenvalue weighted by molar-refractivity contribution is 5.73. The van der Waals surface area contributed by atoms with Gasteiger partial charge >= 0.3 is 0 Å². The first-order valence-electron chi connectivity index (χ1n) is 11.1. The number of hydrogen-bond acceptors (Lipinski definition) is 4. The Bertz CT molecular complexity index is 813. The SMILES string of the molecule is CC(=O)N(Cc1ccc(-c2ccccc2CNCCN)cc1)CC1(O)CCCCC1. The molecule has 3 rings (SSSR count). The minimum Gasteiger partial charge on any atom is -0.388 e. The third kappa shape index (κ3) is 6.14. The number of hydrogen-bond donors (Lipinski definition) is 3. The fourth-order valence-electron chi connectivity index (χ4n) is 4.29. The molecular weight excluding hydrogens is 374 g/mol. The van der Waals surface area contributed by atoms with Crippen molar-refractivity contribution in [3.8, 4) is 11.1 Å². The first-order valence-corrected chi connectivity index (χ1v) is 11.1. The quantitative estimate of drug-likeness (QED) is 0.554. The molecule has 5 heteroatoms. The Morgan fingerprint density at radius 3 is 2.47 bits per heavy atom. The van der Waals surface area contributed by atoms with Gasteiger partial charge in [-0.25, -0.2) is 0 Å². The second kappa shape index (κ2) is 10.7. The summed E-state index contributed by atoms with van der Waals surface area (Å²) in [4.78, 5) is 14.0. The van der Waals surface area contributed by atoms with Gasteiger partial charge in [0.15, 0.2) is 0 Å². The number of aliphatic hydroxyl groups is 1. The molecule has 0 atom stereocenters. The fraction of sp³-hybridized carbons (Fsp3) is 0.480. The van der Waals surface area contributed by atoms with Crippen LogP contribution in [0.15, 0.2) is 48.5 Å². The van der Waals surface area contributed by atoms with Crippen molar-refractivity contribution in [2.45, 2.75) is 57.7 Å². The highest BCUT2D eigenvalue weighted by atomic mass is 16.3. The number of benzene rings is 2. The molecule has 1 fully saturated rings. The van der Waals surface area contributed by atoms with E-state index in [2.05, 4.69) is 53.8 Å². The normalized spacial score (nSPS) is 15.7. The Balaban J connectivity index is 1.69. The third-order valence-electron chi connectivity index (χ3n) is 6.01. The molecule has 2 aromatic carbocycles. The van der Waals surface area contributed by atoms with E-state index in [0.29, 0.717) is 19.6 Å². The zero-order chi connectivity index (χ0) is 21.4. The largest absolute Gasteiger partial charge is 0.388 e. The summed E-state index contributed by atoms with van der Waals surface area (Å²) in [6.07, 6.45) is 4.81. The summed E-state index contributed by atoms with van der Waals surface area (Å²) in [7, 11) is 0. The predicted molar refractivity (Wildman–Crippen MR) is 122 cm³/mol. The van der Waals surface area contributed by atoms with Crippen molar-refractivity contribution in [1.29, 1.82) is 0 Å². The van der Waals surface area contributed by atoms with Gasteiger partial charge in [0, 0.05) is 39.6 Å². The van der Waals surface area contributed by atoms with Crippen LogP contribution >= 0.6 is 0 Å². The Morgan fingerprint density at radius 1 is 1.10 bits per heavy atom. The van der Waals surface area contributed by atoms with E-state index in [9.17, 15) is 9.90 Å². The lowest BCUT2D eigenvalue weighted by Crippen LogP contribution is -2.45. The predicted octanol–water partition coefficient (Wildman–Crippen LogP) is 3.45. The van der Waals surface area contributed by atoms with Crippen LogP contribution in [-0.4, -0.2) is 41.1 Å². The lowest BCUT2D eigenvalue weighted by molar-refractivity contribution is -0.134. The van der Waals surface area contributed by atoms with Gasteiger partial charge in [-0.3, -0.25) is 4.79 Å². The standard InChI is InChI=1S/C25H35N3O2/c1-20(29)28(19-25(30)13-5-2-6-14-25)18-21-9-11-22(12-10-21)24-8-4-3-7-23(24)17-27-16-15-26/h3-4,7-12,27,30H,2,5-6,13-19,26H2,1H3. The molecular formula is C25H35N3O2. The van der Waals surface area contributed by atoms with Crippen LogP contribution in [0, 0.1) is 0 Å². The topological polar surface area (TPSA) is 78.6 Å². The molecule has 1 aliphatic carbocycles. The molecule has 1 aliphatic rings. The van der Waals surface area contributed by atoms with E-state index < -0.39 is 5.60 Å². The molecule has 0 aromatic heterocycles. The molecule has 0 saturated heterocycles. The van der Waals surface area contributed by atoms with Gasteiger partial charge in [0.05, 0.1) is 5.60 Å². The van der Waals surface area contributed by atoms with E-state index >= 15 is 0 Å². The molecule has 1 saturated carbocycles. The van der Waals surface area contributed by atoms with Crippen molar-refractivity contribution < 1.29 is 9.90 Å². The van der Waals surface area contributed by atoms with Gasteiger partial charge in [0.25, 0.3) is 0 Å². The second-order valence-electron chi connectivity index (χ2n) is 8.48. The van der Waals surface area contributed by atoms with E-state index in [4.69, 9.17) is 5.73 Å². The maximum atomic E-state index is 12.2. The van der Waals surface area contributed by atoms with Crippen LogP contribution in [-0.2, 0) is 17.9 Å². The molecule has 0 spiro atoms. The molecule has 0 aliphatic heterocycles. The number of nitrogens with two attached hydrogens (primary N) is 1. The monoisotopic (exact) mass is 409 g/mol. The molecule has 0 heterocycles. The smallest absolute Gasteiger partial charge is 0.219 e. The molecule has 30 heavy (non-hydrogen) atoms. The van der Waals surface area contributed by atoms with Crippen molar-refractivity contribution in [3.05, 3.63) is 59.7 Å². The summed E-state index contributed by atoms with van der Waals surface area (Å²) in [5.41, 5.74) is 9.52. The van der Waals surface area contributed by atoms with Crippen LogP contribution in [0.1, 0.15) is 50.2 Å². The molecule has 2 aromatic rings. The van der Waals surface area contributed by atoms with Gasteiger partial charge in [-0.2, -0.15) is 0 Å². The van der Waals surface area contributed by atoms with E-state index in [1.807, 2.05) is 0 Å². The number of nitrogens with zero attached hydrogens (tertiary/aromatic N) is 1. The zero-order valence-electron chi connectivity index (χ0n) is 18.1. The zero-order valence-corrected chi connectivity index (χ0v) is 18.1. The Kier molecular flexibility index (Phi) is 8.02. The minimum atomic E-state index is -0.737. The minimum absolute atomic E-state index is 0.00870. The fourth-order valence-corrected chi connectivity index (χ4v) is 4.29. The number of carbonyl (C=O) groups is 1. The number of amides is 1. The van der Waals surface area contributed by atoms with Gasteiger partial charge < -0.3 is 21.1 Å². The third-order valence-corrected chi connectivity index (χ3v) is 6.01. The summed E-state index contributed by atoms with van der Waals surface area (Å²) in [5.74, 6) is 0.00870. The van der Waals surface area contributed by atoms with Crippen molar-refractivity contribution in [1.82, 2.24) is 10.2 Å². The average Bonchev–Trinajstić information content (AvgIpc) is 2.75. The van der Waals surface area contributed by atoms with Gasteiger partial charge in [0.2, 0.25) is 5.91 Å². The highest BCUT2D eigenvalue weighted by Gasteiger charge is 2.32. The van der Waals surface area contributed by atoms with E-state index in [-0.39, 0.29) is 5.91 Å². The van der Waals surface area contributed by atoms with Crippen LogP contribution in [0.5, 0.6) is 0 Å². The van der Waals surface area contributed by atoms with Crippen LogP contribution in [0.25, 0.3) is 11.1 Å². The lowest BCUT2D eigenvalue weighted by Gasteiger charge is -2.36. The maximum absolute atomic E-state index is 12.2. The average molecular weight is 410 g/mol. The van der Waals surface area contributed by atoms with E-state index in [0.717, 1.165) is 49.9 Å². The number of rotatable bonds is 9. The van der Waals surface area contributed by atoms with Crippen molar-refractivity contribution >= 4 is 5.91 Å². The highest BCUT2D eigenvalue weighted by Crippen LogP contribution is 2.30. The van der Waals surface area contributed by atoms with Crippen molar-refractivity contribution in [2.75, 3.05) is 19.6 Å². The first kappa shape index (κ1) is 22.5.